The summed E-state index contributed by atoms with van der Waals surface area (Å²) in [5.74, 6) is 2.90. The van der Waals surface area contributed by atoms with Crippen LogP contribution in [0.1, 0.15) is 55.0 Å². The lowest BCUT2D eigenvalue weighted by atomic mass is 10.0. The molecule has 0 aliphatic carbocycles. The van der Waals surface area contributed by atoms with Crippen LogP contribution < -0.4 is 14.4 Å². The minimum atomic E-state index is -1.09. The van der Waals surface area contributed by atoms with E-state index in [4.69, 9.17) is 35.6 Å². The van der Waals surface area contributed by atoms with Gasteiger partial charge in [-0.1, -0.05) is 30.1 Å². The highest BCUT2D eigenvalue weighted by atomic mass is 35.5. The van der Waals surface area contributed by atoms with Crippen molar-refractivity contribution >= 4 is 17.4 Å². The van der Waals surface area contributed by atoms with E-state index in [1.165, 1.54) is 6.92 Å². The Morgan fingerprint density at radius 2 is 1.93 bits per heavy atom. The third-order valence-electron chi connectivity index (χ3n) is 7.19. The van der Waals surface area contributed by atoms with E-state index in [1.54, 1.807) is 30.5 Å². The molecule has 5 rings (SSSR count). The molecule has 4 aromatic rings. The number of hydrogen-bond acceptors (Lipinski definition) is 9. The summed E-state index contributed by atoms with van der Waals surface area (Å²) in [6.07, 6.45) is 1.54. The van der Waals surface area contributed by atoms with Crippen molar-refractivity contribution in [2.45, 2.75) is 72.8 Å². The van der Waals surface area contributed by atoms with Gasteiger partial charge in [-0.15, -0.1) is 0 Å². The number of ether oxygens (including phenoxy) is 2. The number of aromatic nitrogens is 4. The van der Waals surface area contributed by atoms with Gasteiger partial charge in [-0.25, -0.2) is 14.4 Å². The lowest BCUT2D eigenvalue weighted by Gasteiger charge is -2.22. The van der Waals surface area contributed by atoms with Crippen molar-refractivity contribution < 1.29 is 23.5 Å². The first kappa shape index (κ1) is 29.7. The van der Waals surface area contributed by atoms with Crippen LogP contribution in [0.15, 0.2) is 35.0 Å². The number of anilines is 1. The van der Waals surface area contributed by atoms with Crippen LogP contribution in [0.4, 0.5) is 10.2 Å². The second-order valence-electron chi connectivity index (χ2n) is 10.6. The number of alkyl halides is 1. The lowest BCUT2D eigenvalue weighted by Crippen LogP contribution is -2.19. The van der Waals surface area contributed by atoms with Crippen LogP contribution in [0.3, 0.4) is 0 Å². The van der Waals surface area contributed by atoms with Crippen molar-refractivity contribution in [3.8, 4) is 34.1 Å². The highest BCUT2D eigenvalue weighted by Gasteiger charge is 2.29. The van der Waals surface area contributed by atoms with Crippen LogP contribution in [-0.2, 0) is 13.1 Å². The molecule has 3 aromatic heterocycles. The van der Waals surface area contributed by atoms with E-state index in [0.717, 1.165) is 28.8 Å². The van der Waals surface area contributed by atoms with E-state index in [1.807, 2.05) is 27.7 Å². The van der Waals surface area contributed by atoms with Gasteiger partial charge in [0.05, 0.1) is 46.9 Å². The number of aliphatic hydroxyl groups is 1. The monoisotopic (exact) mass is 595 g/mol. The zero-order valence-electron chi connectivity index (χ0n) is 24.4. The molecule has 0 fully saturated rings. The summed E-state index contributed by atoms with van der Waals surface area (Å²) in [6, 6.07) is 7.05. The topological polar surface area (TPSA) is 107 Å². The lowest BCUT2D eigenvalue weighted by molar-refractivity contribution is 0.0994. The average Bonchev–Trinajstić information content (AvgIpc) is 3.54. The summed E-state index contributed by atoms with van der Waals surface area (Å²) in [7, 11) is 0. The number of fused-ring (bicyclic) bond motifs is 1. The van der Waals surface area contributed by atoms with E-state index in [-0.39, 0.29) is 13.2 Å². The van der Waals surface area contributed by atoms with Crippen molar-refractivity contribution in [1.29, 1.82) is 0 Å². The van der Waals surface area contributed by atoms with Crippen LogP contribution in [0.25, 0.3) is 22.6 Å². The number of aryl methyl sites for hydroxylation is 2. The van der Waals surface area contributed by atoms with Gasteiger partial charge >= 0.3 is 0 Å². The molecule has 0 bridgehead atoms. The van der Waals surface area contributed by atoms with Gasteiger partial charge in [0, 0.05) is 22.9 Å². The summed E-state index contributed by atoms with van der Waals surface area (Å²) in [5, 5.41) is 14.8. The minimum absolute atomic E-state index is 0.0320. The highest BCUT2D eigenvalue weighted by molar-refractivity contribution is 6.33. The Bertz CT molecular complexity index is 1560. The molecule has 9 nitrogen and oxygen atoms in total. The predicted octanol–water partition coefficient (Wildman–Crippen LogP) is 6.57. The summed E-state index contributed by atoms with van der Waals surface area (Å²) < 4.78 is 30.7. The van der Waals surface area contributed by atoms with Crippen molar-refractivity contribution in [3.63, 3.8) is 0 Å². The maximum Gasteiger partial charge on any atom is 0.163 e. The van der Waals surface area contributed by atoms with Gasteiger partial charge < -0.3 is 24.0 Å². The first-order valence-electron chi connectivity index (χ1n) is 14.1. The van der Waals surface area contributed by atoms with Crippen LogP contribution in [0.2, 0.25) is 5.02 Å². The quantitative estimate of drug-likeness (QED) is 0.206. The first-order valence-corrected chi connectivity index (χ1v) is 14.4. The number of pyridine rings is 1. The number of rotatable bonds is 11. The fourth-order valence-corrected chi connectivity index (χ4v) is 5.31. The number of aliphatic hydroxyl groups excluding tert-OH is 1. The number of nitrogens with zero attached hydrogens (tertiary/aromatic N) is 5. The fraction of sp³-hybridized carbons (Fsp3) is 0.419. The third kappa shape index (κ3) is 6.19. The van der Waals surface area contributed by atoms with Gasteiger partial charge in [0.2, 0.25) is 0 Å². The molecule has 1 N–H and O–H groups in total. The second-order valence-corrected chi connectivity index (χ2v) is 11.0. The maximum absolute atomic E-state index is 13.6. The Morgan fingerprint density at radius 1 is 1.12 bits per heavy atom. The average molecular weight is 596 g/mol. The van der Waals surface area contributed by atoms with Crippen LogP contribution in [0.5, 0.6) is 11.5 Å². The number of halogens is 2. The highest BCUT2D eigenvalue weighted by Crippen LogP contribution is 2.40. The van der Waals surface area contributed by atoms with Crippen LogP contribution in [0, 0.1) is 20.8 Å². The zero-order chi connectivity index (χ0) is 30.0. The minimum Gasteiger partial charge on any atom is -0.491 e. The molecular formula is C31H35ClFN5O4. The number of hydrogen-bond donors (Lipinski definition) is 1. The van der Waals surface area contributed by atoms with Crippen molar-refractivity contribution in [2.75, 3.05) is 18.1 Å². The third-order valence-corrected chi connectivity index (χ3v) is 7.52. The molecule has 1 aliphatic rings. The Balaban J connectivity index is 1.57. The molecule has 11 heteroatoms. The maximum atomic E-state index is 13.6. The summed E-state index contributed by atoms with van der Waals surface area (Å²) in [4.78, 5) is 16.6. The fourth-order valence-electron chi connectivity index (χ4n) is 5.11. The zero-order valence-corrected chi connectivity index (χ0v) is 25.2. The molecule has 4 heterocycles. The largest absolute Gasteiger partial charge is 0.491 e. The molecule has 42 heavy (non-hydrogen) atoms. The van der Waals surface area contributed by atoms with Gasteiger partial charge in [-0.05, 0) is 58.4 Å². The summed E-state index contributed by atoms with van der Waals surface area (Å²) in [5.41, 5.74) is 5.35. The Kier molecular flexibility index (Phi) is 8.93. The van der Waals surface area contributed by atoms with Gasteiger partial charge in [0.1, 0.15) is 42.5 Å². The van der Waals surface area contributed by atoms with E-state index >= 15 is 0 Å². The second kappa shape index (κ2) is 12.6. The normalized spacial score (nSPS) is 14.1. The standard InChI is InChI=1S/C31H35ClFN5O4/c1-6-7-21(39)16-40-22-8-9-25(32)23(12-22)30-35-29(28-19(4)37-42-20(28)5)18(3)31(36-30)38-13-24-26(14-38)34-11-10-27(24)41-15-17(2)33/h8-12,17,21,39H,6-7,13-16H2,1-5H3/t17?,21-/m1/s1. The molecule has 0 radical (unpaired) electrons. The molecular weight excluding hydrogens is 561 g/mol. The molecule has 1 aliphatic heterocycles. The predicted molar refractivity (Wildman–Crippen MR) is 159 cm³/mol. The van der Waals surface area contributed by atoms with Crippen LogP contribution in [-0.4, -0.2) is 50.7 Å². The number of benzene rings is 1. The molecule has 222 valence electrons. The molecule has 0 saturated carbocycles. The van der Waals surface area contributed by atoms with E-state index in [9.17, 15) is 9.50 Å². The van der Waals surface area contributed by atoms with E-state index in [0.29, 0.717) is 70.4 Å². The molecule has 1 unspecified atom stereocenters. The van der Waals surface area contributed by atoms with Gasteiger partial charge in [-0.2, -0.15) is 0 Å². The molecule has 0 saturated heterocycles. The van der Waals surface area contributed by atoms with Gasteiger partial charge in [0.25, 0.3) is 0 Å². The van der Waals surface area contributed by atoms with Gasteiger partial charge in [0.15, 0.2) is 5.82 Å². The van der Waals surface area contributed by atoms with Crippen molar-refractivity contribution in [1.82, 2.24) is 20.1 Å². The summed E-state index contributed by atoms with van der Waals surface area (Å²) in [6.45, 7) is 10.3. The van der Waals surface area contributed by atoms with Crippen molar-refractivity contribution in [3.05, 3.63) is 63.8 Å². The van der Waals surface area contributed by atoms with Crippen LogP contribution >= 0.6 is 11.6 Å². The Labute approximate surface area is 249 Å². The summed E-state index contributed by atoms with van der Waals surface area (Å²) >= 11 is 6.70. The Morgan fingerprint density at radius 3 is 2.64 bits per heavy atom. The van der Waals surface area contributed by atoms with Crippen molar-refractivity contribution in [2.24, 2.45) is 0 Å². The molecule has 1 aromatic carbocycles. The molecule has 0 amide bonds. The Hall–Kier alpha value is -3.76. The van der Waals surface area contributed by atoms with E-state index < -0.39 is 12.3 Å². The first-order chi connectivity index (χ1) is 20.2. The van der Waals surface area contributed by atoms with Gasteiger partial charge in [-0.3, -0.25) is 4.98 Å². The molecule has 0 spiro atoms. The smallest absolute Gasteiger partial charge is 0.163 e. The molecule has 2 atom stereocenters. The van der Waals surface area contributed by atoms with E-state index in [2.05, 4.69) is 15.0 Å². The SMILES string of the molecule is CCC[C@@H](O)COc1ccc(Cl)c(-c2nc(-c3c(C)noc3C)c(C)c(N3Cc4nccc(OCC(C)F)c4C3)n2)c1.